The average molecular weight is 395 g/mol. The minimum atomic E-state index is -0.444. The number of thiazole rings is 1. The van der Waals surface area contributed by atoms with Gasteiger partial charge in [-0.15, -0.1) is 11.3 Å². The number of hydrogen-bond acceptors (Lipinski definition) is 6. The van der Waals surface area contributed by atoms with Gasteiger partial charge < -0.3 is 9.64 Å². The summed E-state index contributed by atoms with van der Waals surface area (Å²) in [5.41, 5.74) is 2.25. The molecule has 8 heteroatoms. The number of nitrogens with zero attached hydrogens (tertiary/aromatic N) is 3. The van der Waals surface area contributed by atoms with Gasteiger partial charge in [-0.1, -0.05) is 24.3 Å². The highest BCUT2D eigenvalue weighted by Gasteiger charge is 2.27. The van der Waals surface area contributed by atoms with Gasteiger partial charge in [0.05, 0.1) is 22.7 Å². The van der Waals surface area contributed by atoms with Crippen molar-refractivity contribution < 1.29 is 14.5 Å². The molecule has 1 aliphatic rings. The van der Waals surface area contributed by atoms with Crippen LogP contribution >= 0.6 is 11.3 Å². The number of aromatic nitrogens is 1. The second-order valence-electron chi connectivity index (χ2n) is 6.38. The molecule has 0 radical (unpaired) electrons. The number of non-ortho nitro benzene ring substituents is 1. The van der Waals surface area contributed by atoms with Crippen LogP contribution in [0.3, 0.4) is 0 Å². The van der Waals surface area contributed by atoms with Crippen molar-refractivity contribution >= 4 is 28.6 Å². The Morgan fingerprint density at radius 3 is 2.86 bits per heavy atom. The van der Waals surface area contributed by atoms with Gasteiger partial charge in [0.25, 0.3) is 5.69 Å². The second-order valence-corrected chi connectivity index (χ2v) is 7.32. The fourth-order valence-corrected chi connectivity index (χ4v) is 3.85. The first kappa shape index (κ1) is 18.1. The number of carbonyl (C=O) groups excluding carboxylic acids is 1. The molecule has 0 N–H and O–H groups in total. The van der Waals surface area contributed by atoms with Gasteiger partial charge in [0, 0.05) is 24.1 Å². The van der Waals surface area contributed by atoms with Crippen LogP contribution in [-0.2, 0) is 24.2 Å². The van der Waals surface area contributed by atoms with Crippen molar-refractivity contribution in [1.82, 2.24) is 4.98 Å². The molecule has 0 unspecified atom stereocenters. The Morgan fingerprint density at radius 2 is 2.07 bits per heavy atom. The van der Waals surface area contributed by atoms with Crippen molar-refractivity contribution in [2.45, 2.75) is 19.4 Å². The summed E-state index contributed by atoms with van der Waals surface area (Å²) in [6.07, 6.45) is 0.857. The molecule has 0 atom stereocenters. The molecule has 1 amide bonds. The maximum Gasteiger partial charge on any atom is 0.271 e. The van der Waals surface area contributed by atoms with Crippen LogP contribution in [0.15, 0.2) is 53.9 Å². The number of nitro groups is 1. The Labute approximate surface area is 165 Å². The minimum Gasteiger partial charge on any atom is -0.486 e. The van der Waals surface area contributed by atoms with Crippen LogP contribution in [-0.4, -0.2) is 22.4 Å². The van der Waals surface area contributed by atoms with E-state index in [1.807, 2.05) is 35.7 Å². The molecule has 7 nitrogen and oxygen atoms in total. The molecule has 2 heterocycles. The predicted octanol–water partition coefficient (Wildman–Crippen LogP) is 3.76. The van der Waals surface area contributed by atoms with E-state index in [9.17, 15) is 14.9 Å². The quantitative estimate of drug-likeness (QED) is 0.469. The number of carbonyl (C=O) groups is 1. The number of anilines is 1. The van der Waals surface area contributed by atoms with E-state index in [2.05, 4.69) is 4.98 Å². The normalized spacial score (nSPS) is 12.6. The summed E-state index contributed by atoms with van der Waals surface area (Å²) in [5.74, 6) is 0.658. The van der Waals surface area contributed by atoms with E-state index in [0.29, 0.717) is 31.0 Å². The lowest BCUT2D eigenvalue weighted by Gasteiger charge is -2.16. The summed E-state index contributed by atoms with van der Waals surface area (Å²) in [4.78, 5) is 29.4. The van der Waals surface area contributed by atoms with Crippen molar-refractivity contribution in [2.24, 2.45) is 0 Å². The zero-order valence-corrected chi connectivity index (χ0v) is 15.7. The van der Waals surface area contributed by atoms with E-state index >= 15 is 0 Å². The Morgan fingerprint density at radius 1 is 1.25 bits per heavy atom. The molecule has 0 spiro atoms. The first-order valence-electron chi connectivity index (χ1n) is 8.79. The summed E-state index contributed by atoms with van der Waals surface area (Å²) in [6.45, 7) is 0.880. The molecule has 0 saturated carbocycles. The summed E-state index contributed by atoms with van der Waals surface area (Å²) >= 11 is 1.45. The monoisotopic (exact) mass is 395 g/mol. The van der Waals surface area contributed by atoms with E-state index < -0.39 is 4.92 Å². The number of fused-ring (bicyclic) bond motifs is 1. The largest absolute Gasteiger partial charge is 0.486 e. The fraction of sp³-hybridized carbons (Fsp3) is 0.200. The van der Waals surface area contributed by atoms with E-state index in [0.717, 1.165) is 16.3 Å². The predicted molar refractivity (Wildman–Crippen MR) is 106 cm³/mol. The van der Waals surface area contributed by atoms with Gasteiger partial charge in [0.15, 0.2) is 0 Å². The molecule has 1 aliphatic heterocycles. The van der Waals surface area contributed by atoms with Gasteiger partial charge in [-0.2, -0.15) is 0 Å². The maximum atomic E-state index is 12.7. The van der Waals surface area contributed by atoms with Crippen LogP contribution in [0.5, 0.6) is 5.75 Å². The lowest BCUT2D eigenvalue weighted by Crippen LogP contribution is -2.30. The van der Waals surface area contributed by atoms with Crippen LogP contribution < -0.4 is 9.64 Å². The Kier molecular flexibility index (Phi) is 5.03. The molecule has 142 valence electrons. The first-order chi connectivity index (χ1) is 13.6. The molecule has 0 saturated heterocycles. The zero-order chi connectivity index (χ0) is 19.5. The summed E-state index contributed by atoms with van der Waals surface area (Å²) in [7, 11) is 0. The molecule has 4 rings (SSSR count). The van der Waals surface area contributed by atoms with Gasteiger partial charge in [-0.05, 0) is 24.1 Å². The van der Waals surface area contributed by atoms with Crippen LogP contribution in [0.1, 0.15) is 16.3 Å². The van der Waals surface area contributed by atoms with Crippen molar-refractivity contribution in [3.8, 4) is 5.75 Å². The Balaban J connectivity index is 1.41. The molecular formula is C20H17N3O4S. The maximum absolute atomic E-state index is 12.7. The molecule has 3 aromatic rings. The molecule has 2 aromatic carbocycles. The number of nitro benzene ring substituents is 1. The smallest absolute Gasteiger partial charge is 0.271 e. The number of para-hydroxylation sites is 1. The summed E-state index contributed by atoms with van der Waals surface area (Å²) in [5, 5.41) is 13.7. The van der Waals surface area contributed by atoms with Crippen molar-refractivity contribution in [2.75, 3.05) is 11.4 Å². The second kappa shape index (κ2) is 7.77. The van der Waals surface area contributed by atoms with Gasteiger partial charge in [0.2, 0.25) is 5.91 Å². The lowest BCUT2D eigenvalue weighted by atomic mass is 10.1. The highest BCUT2D eigenvalue weighted by molar-refractivity contribution is 7.09. The minimum absolute atomic E-state index is 0.00699. The zero-order valence-electron chi connectivity index (χ0n) is 14.9. The highest BCUT2D eigenvalue weighted by Crippen LogP contribution is 2.32. The van der Waals surface area contributed by atoms with E-state index in [1.165, 1.54) is 23.5 Å². The molecule has 28 heavy (non-hydrogen) atoms. The van der Waals surface area contributed by atoms with Crippen molar-refractivity contribution in [3.05, 3.63) is 80.3 Å². The van der Waals surface area contributed by atoms with Crippen molar-refractivity contribution in [3.63, 3.8) is 0 Å². The summed E-state index contributed by atoms with van der Waals surface area (Å²) in [6, 6.07) is 14.2. The molecule has 0 fully saturated rings. The Hall–Kier alpha value is -3.26. The number of benzene rings is 2. The highest BCUT2D eigenvalue weighted by atomic mass is 32.1. The third-order valence-corrected chi connectivity index (χ3v) is 5.38. The fourth-order valence-electron chi connectivity index (χ4n) is 3.15. The van der Waals surface area contributed by atoms with E-state index in [-0.39, 0.29) is 18.0 Å². The van der Waals surface area contributed by atoms with Crippen LogP contribution in [0.25, 0.3) is 0 Å². The van der Waals surface area contributed by atoms with Crippen LogP contribution in [0, 0.1) is 10.1 Å². The molecule has 1 aromatic heterocycles. The van der Waals surface area contributed by atoms with Crippen LogP contribution in [0.4, 0.5) is 11.4 Å². The van der Waals surface area contributed by atoms with Gasteiger partial charge in [0.1, 0.15) is 17.4 Å². The van der Waals surface area contributed by atoms with Crippen molar-refractivity contribution in [1.29, 1.82) is 0 Å². The SMILES string of the molecule is O=C(Cc1csc(COc2ccccc2)n1)N1CCc2ccc([N+](=O)[O-])cc21. The standard InChI is InChI=1S/C20H17N3O4S/c24-20(22-9-8-14-6-7-16(23(25)26)11-18(14)22)10-15-13-28-19(21-15)12-27-17-4-2-1-3-5-17/h1-7,11,13H,8-10,12H2. The number of rotatable bonds is 6. The first-order valence-corrected chi connectivity index (χ1v) is 9.67. The topological polar surface area (TPSA) is 85.6 Å². The van der Waals surface area contributed by atoms with E-state index in [4.69, 9.17) is 4.74 Å². The van der Waals surface area contributed by atoms with Gasteiger partial charge in [-0.25, -0.2) is 4.98 Å². The average Bonchev–Trinajstić information content (AvgIpc) is 3.33. The molecular weight excluding hydrogens is 378 g/mol. The third kappa shape index (κ3) is 3.86. The summed E-state index contributed by atoms with van der Waals surface area (Å²) < 4.78 is 5.68. The lowest BCUT2D eigenvalue weighted by molar-refractivity contribution is -0.384. The number of ether oxygens (including phenoxy) is 1. The molecule has 0 aliphatic carbocycles. The number of amides is 1. The van der Waals surface area contributed by atoms with Crippen LogP contribution in [0.2, 0.25) is 0 Å². The molecule has 0 bridgehead atoms. The van der Waals surface area contributed by atoms with Gasteiger partial charge in [-0.3, -0.25) is 14.9 Å². The third-order valence-electron chi connectivity index (χ3n) is 4.51. The Bertz CT molecular complexity index is 1020. The van der Waals surface area contributed by atoms with Gasteiger partial charge >= 0.3 is 0 Å². The number of hydrogen-bond donors (Lipinski definition) is 0. The van der Waals surface area contributed by atoms with E-state index in [1.54, 1.807) is 11.0 Å².